The minimum atomic E-state index is -0.376. The summed E-state index contributed by atoms with van der Waals surface area (Å²) >= 11 is 0. The lowest BCUT2D eigenvalue weighted by molar-refractivity contribution is -0.129. The van der Waals surface area contributed by atoms with Crippen molar-refractivity contribution in [2.45, 2.75) is 19.8 Å². The number of amides is 2. The lowest BCUT2D eigenvalue weighted by atomic mass is 10.1. The first-order valence-corrected chi connectivity index (χ1v) is 9.88. The molecule has 0 bridgehead atoms. The molecule has 7 nitrogen and oxygen atoms in total. The quantitative estimate of drug-likeness (QED) is 0.606. The highest BCUT2D eigenvalue weighted by Crippen LogP contribution is 2.17. The molecule has 1 aromatic heterocycles. The third-order valence-corrected chi connectivity index (χ3v) is 4.91. The van der Waals surface area contributed by atoms with Gasteiger partial charge in [0.2, 0.25) is 11.7 Å². The normalized spacial score (nSPS) is 10.7. The Labute approximate surface area is 176 Å². The van der Waals surface area contributed by atoms with E-state index in [4.69, 9.17) is 0 Å². The Morgan fingerprint density at radius 1 is 0.933 bits per heavy atom. The molecule has 3 aromatic rings. The average molecular weight is 406 g/mol. The average Bonchev–Trinajstić information content (AvgIpc) is 3.16. The van der Waals surface area contributed by atoms with E-state index in [1.165, 1.54) is 15.4 Å². The number of aryl methyl sites for hydroxylation is 3. The van der Waals surface area contributed by atoms with Crippen LogP contribution in [0.4, 0.5) is 0 Å². The monoisotopic (exact) mass is 405 g/mol. The van der Waals surface area contributed by atoms with Crippen LogP contribution in [0.3, 0.4) is 0 Å². The number of hydrogen-bond acceptors (Lipinski definition) is 4. The van der Waals surface area contributed by atoms with Crippen molar-refractivity contribution in [2.24, 2.45) is 0 Å². The number of benzene rings is 2. The molecule has 0 saturated heterocycles. The molecule has 0 unspecified atom stereocenters. The zero-order chi connectivity index (χ0) is 21.7. The van der Waals surface area contributed by atoms with Gasteiger partial charge in [0, 0.05) is 27.6 Å². The Balaban J connectivity index is 1.90. The van der Waals surface area contributed by atoms with E-state index < -0.39 is 0 Å². The van der Waals surface area contributed by atoms with Gasteiger partial charge in [-0.3, -0.25) is 9.59 Å². The van der Waals surface area contributed by atoms with E-state index in [1.54, 1.807) is 25.8 Å². The summed E-state index contributed by atoms with van der Waals surface area (Å²) < 4.78 is 1.74. The summed E-state index contributed by atoms with van der Waals surface area (Å²) in [6.07, 6.45) is 1.42. The van der Waals surface area contributed by atoms with Crippen LogP contribution in [0.1, 0.15) is 27.6 Å². The van der Waals surface area contributed by atoms with Crippen molar-refractivity contribution >= 4 is 11.8 Å². The minimum absolute atomic E-state index is 0.0237. The minimum Gasteiger partial charge on any atom is -0.347 e. The Bertz CT molecular complexity index is 1030. The summed E-state index contributed by atoms with van der Waals surface area (Å²) in [7, 11) is 4.91. The van der Waals surface area contributed by atoms with Crippen molar-refractivity contribution in [3.8, 4) is 5.69 Å². The fourth-order valence-electron chi connectivity index (χ4n) is 3.08. The smallest absolute Gasteiger partial charge is 0.293 e. The van der Waals surface area contributed by atoms with Gasteiger partial charge in [-0.25, -0.2) is 9.67 Å². The molecule has 0 radical (unpaired) electrons. The van der Waals surface area contributed by atoms with E-state index in [1.807, 2.05) is 49.4 Å². The first-order valence-electron chi connectivity index (χ1n) is 9.88. The predicted octanol–water partition coefficient (Wildman–Crippen LogP) is 2.52. The van der Waals surface area contributed by atoms with Crippen molar-refractivity contribution in [3.05, 3.63) is 77.4 Å². The second-order valence-corrected chi connectivity index (χ2v) is 7.48. The standard InChI is InChI=1S/C23H27N5O2/c1-17-10-8-9-13-19(17)28-20(15-14-18-11-6-5-7-12-18)24-22(25-28)23(30)27(4)16-21(29)26(2)3/h5-13H,14-16H2,1-4H3. The molecule has 2 amide bonds. The molecular formula is C23H27N5O2. The van der Waals surface area contributed by atoms with Crippen LogP contribution in [0.5, 0.6) is 0 Å². The fraction of sp³-hybridized carbons (Fsp3) is 0.304. The molecule has 0 aliphatic carbocycles. The second kappa shape index (κ2) is 9.35. The molecule has 30 heavy (non-hydrogen) atoms. The van der Waals surface area contributed by atoms with Crippen LogP contribution in [-0.2, 0) is 17.6 Å². The first-order chi connectivity index (χ1) is 14.4. The molecule has 1 heterocycles. The zero-order valence-corrected chi connectivity index (χ0v) is 17.9. The maximum Gasteiger partial charge on any atom is 0.293 e. The topological polar surface area (TPSA) is 71.3 Å². The molecule has 0 fully saturated rings. The first kappa shape index (κ1) is 21.2. The van der Waals surface area contributed by atoms with Crippen molar-refractivity contribution in [1.82, 2.24) is 24.6 Å². The van der Waals surface area contributed by atoms with Crippen LogP contribution >= 0.6 is 0 Å². The van der Waals surface area contributed by atoms with Gasteiger partial charge in [0.05, 0.1) is 12.2 Å². The Morgan fingerprint density at radius 3 is 2.27 bits per heavy atom. The van der Waals surface area contributed by atoms with Crippen molar-refractivity contribution in [1.29, 1.82) is 0 Å². The molecule has 0 spiro atoms. The van der Waals surface area contributed by atoms with Crippen LogP contribution < -0.4 is 0 Å². The molecule has 0 N–H and O–H groups in total. The number of para-hydroxylation sites is 1. The van der Waals surface area contributed by atoms with Crippen LogP contribution in [-0.4, -0.2) is 64.1 Å². The molecule has 2 aromatic carbocycles. The Morgan fingerprint density at radius 2 is 1.60 bits per heavy atom. The third kappa shape index (κ3) is 4.92. The molecular weight excluding hydrogens is 378 g/mol. The van der Waals surface area contributed by atoms with Gasteiger partial charge in [-0.1, -0.05) is 48.5 Å². The molecule has 156 valence electrons. The van der Waals surface area contributed by atoms with Crippen LogP contribution in [0.15, 0.2) is 54.6 Å². The highest BCUT2D eigenvalue weighted by molar-refractivity contribution is 5.93. The molecule has 0 saturated carbocycles. The van der Waals surface area contributed by atoms with Gasteiger partial charge < -0.3 is 9.80 Å². The Hall–Kier alpha value is -3.48. The van der Waals surface area contributed by atoms with Crippen LogP contribution in [0, 0.1) is 6.92 Å². The summed E-state index contributed by atoms with van der Waals surface area (Å²) in [5.41, 5.74) is 3.12. The number of likely N-dealkylation sites (N-methyl/N-ethyl adjacent to an activating group) is 2. The van der Waals surface area contributed by atoms with Crippen molar-refractivity contribution in [3.63, 3.8) is 0 Å². The SMILES string of the molecule is Cc1ccccc1-n1nc(C(=O)N(C)CC(=O)N(C)C)nc1CCc1ccccc1. The molecule has 0 atom stereocenters. The predicted molar refractivity (Wildman–Crippen MR) is 116 cm³/mol. The van der Waals surface area contributed by atoms with E-state index in [0.29, 0.717) is 12.2 Å². The number of nitrogens with zero attached hydrogens (tertiary/aromatic N) is 5. The van der Waals surface area contributed by atoms with Crippen molar-refractivity contribution < 1.29 is 9.59 Å². The second-order valence-electron chi connectivity index (χ2n) is 7.48. The van der Waals surface area contributed by atoms with E-state index in [0.717, 1.165) is 17.7 Å². The number of rotatable bonds is 7. The largest absolute Gasteiger partial charge is 0.347 e. The maximum atomic E-state index is 12.9. The number of carbonyl (C=O) groups is 2. The number of hydrogen-bond donors (Lipinski definition) is 0. The van der Waals surface area contributed by atoms with Crippen LogP contribution in [0.2, 0.25) is 0 Å². The summed E-state index contributed by atoms with van der Waals surface area (Å²) in [6.45, 7) is 1.98. The van der Waals surface area contributed by atoms with Gasteiger partial charge in [0.15, 0.2) is 0 Å². The van der Waals surface area contributed by atoms with Gasteiger partial charge >= 0.3 is 0 Å². The van der Waals surface area contributed by atoms with Gasteiger partial charge in [-0.15, -0.1) is 5.10 Å². The summed E-state index contributed by atoms with van der Waals surface area (Å²) in [6, 6.07) is 18.0. The molecule has 7 heteroatoms. The number of aromatic nitrogens is 3. The van der Waals surface area contributed by atoms with E-state index in [9.17, 15) is 9.59 Å². The summed E-state index contributed by atoms with van der Waals surface area (Å²) in [4.78, 5) is 32.2. The van der Waals surface area contributed by atoms with Gasteiger partial charge in [0.1, 0.15) is 5.82 Å². The fourth-order valence-corrected chi connectivity index (χ4v) is 3.08. The molecule has 3 rings (SSSR count). The van der Waals surface area contributed by atoms with E-state index >= 15 is 0 Å². The lowest BCUT2D eigenvalue weighted by Gasteiger charge is -2.17. The highest BCUT2D eigenvalue weighted by Gasteiger charge is 2.23. The van der Waals surface area contributed by atoms with Crippen molar-refractivity contribution in [2.75, 3.05) is 27.7 Å². The molecule has 0 aliphatic heterocycles. The van der Waals surface area contributed by atoms with Gasteiger partial charge in [0.25, 0.3) is 5.91 Å². The van der Waals surface area contributed by atoms with Gasteiger partial charge in [-0.05, 0) is 30.5 Å². The van der Waals surface area contributed by atoms with Crippen LogP contribution in [0.25, 0.3) is 5.69 Å². The van der Waals surface area contributed by atoms with E-state index in [2.05, 4.69) is 22.2 Å². The van der Waals surface area contributed by atoms with E-state index in [-0.39, 0.29) is 24.2 Å². The third-order valence-electron chi connectivity index (χ3n) is 4.91. The Kier molecular flexibility index (Phi) is 6.61. The maximum absolute atomic E-state index is 12.9. The summed E-state index contributed by atoms with van der Waals surface area (Å²) in [5.74, 6) is 0.270. The highest BCUT2D eigenvalue weighted by atomic mass is 16.2. The lowest BCUT2D eigenvalue weighted by Crippen LogP contribution is -2.38. The molecule has 0 aliphatic rings. The zero-order valence-electron chi connectivity index (χ0n) is 17.9. The number of carbonyl (C=O) groups excluding carboxylic acids is 2. The summed E-state index contributed by atoms with van der Waals surface area (Å²) in [5, 5.41) is 4.52. The van der Waals surface area contributed by atoms with Gasteiger partial charge in [-0.2, -0.15) is 0 Å².